The third kappa shape index (κ3) is 2.80. The van der Waals surface area contributed by atoms with Crippen molar-refractivity contribution in [2.75, 3.05) is 7.11 Å². The van der Waals surface area contributed by atoms with E-state index in [2.05, 4.69) is 9.98 Å². The quantitative estimate of drug-likeness (QED) is 0.803. The van der Waals surface area contributed by atoms with Gasteiger partial charge >= 0.3 is 11.9 Å². The molecule has 25 heavy (non-hydrogen) atoms. The van der Waals surface area contributed by atoms with Gasteiger partial charge in [-0.3, -0.25) is 19.6 Å². The second-order valence-corrected chi connectivity index (χ2v) is 6.04. The summed E-state index contributed by atoms with van der Waals surface area (Å²) in [6.45, 7) is 0.580. The minimum Gasteiger partial charge on any atom is -0.469 e. The highest BCUT2D eigenvalue weighted by atomic mass is 16.6. The Labute approximate surface area is 144 Å². The molecule has 0 fully saturated rings. The Hall–Kier alpha value is -3.02. The molecule has 0 bridgehead atoms. The second kappa shape index (κ2) is 6.12. The van der Waals surface area contributed by atoms with Crippen molar-refractivity contribution in [2.24, 2.45) is 4.99 Å². The summed E-state index contributed by atoms with van der Waals surface area (Å²) in [5, 5.41) is 0. The van der Waals surface area contributed by atoms with Gasteiger partial charge in [0, 0.05) is 23.5 Å². The van der Waals surface area contributed by atoms with Crippen molar-refractivity contribution in [3.63, 3.8) is 0 Å². The van der Waals surface area contributed by atoms with Gasteiger partial charge in [-0.05, 0) is 34.9 Å². The number of aliphatic imine (C=N–C) groups is 1. The Kier molecular flexibility index (Phi) is 3.80. The number of hydrogen-bond acceptors (Lipinski definition) is 6. The van der Waals surface area contributed by atoms with Gasteiger partial charge < -0.3 is 9.47 Å². The Morgan fingerprint density at radius 2 is 2.08 bits per heavy atom. The normalized spacial score (nSPS) is 18.0. The number of hydrogen-bond donors (Lipinski definition) is 0. The molecule has 1 aromatic carbocycles. The van der Waals surface area contributed by atoms with Gasteiger partial charge in [-0.25, -0.2) is 0 Å². The van der Waals surface area contributed by atoms with Gasteiger partial charge in [0.15, 0.2) is 0 Å². The first-order chi connectivity index (χ1) is 12.2. The first-order valence-electron chi connectivity index (χ1n) is 8.03. The lowest BCUT2D eigenvalue weighted by Crippen LogP contribution is -2.24. The van der Waals surface area contributed by atoms with E-state index in [1.165, 1.54) is 7.11 Å². The third-order valence-corrected chi connectivity index (χ3v) is 4.52. The number of benzene rings is 1. The van der Waals surface area contributed by atoms with Crippen LogP contribution in [-0.2, 0) is 32.0 Å². The number of cyclic esters (lactones) is 1. The maximum atomic E-state index is 11.9. The Morgan fingerprint density at radius 1 is 1.28 bits per heavy atom. The highest BCUT2D eigenvalue weighted by molar-refractivity contribution is 6.15. The number of fused-ring (bicyclic) bond motifs is 2. The Morgan fingerprint density at radius 3 is 2.84 bits per heavy atom. The molecule has 0 saturated carbocycles. The first kappa shape index (κ1) is 15.5. The largest absolute Gasteiger partial charge is 0.469 e. The molecular weight excluding hydrogens is 320 g/mol. The smallest absolute Gasteiger partial charge is 0.310 e. The molecule has 1 atom stereocenters. The molecule has 1 unspecified atom stereocenters. The summed E-state index contributed by atoms with van der Waals surface area (Å²) in [6, 6.07) is 7.84. The number of carbonyl (C=O) groups is 2. The highest BCUT2D eigenvalue weighted by Crippen LogP contribution is 2.35. The fraction of sp³-hybridized carbons (Fsp3) is 0.263. The molecule has 0 N–H and O–H groups in total. The molecule has 0 amide bonds. The van der Waals surface area contributed by atoms with Crippen LogP contribution in [0.25, 0.3) is 0 Å². The zero-order valence-electron chi connectivity index (χ0n) is 13.7. The SMILES string of the molecule is COC(=O)CC1OC(=O)Cc2cc3c(cc21)C(c1ccncc1)=NC3. The van der Waals surface area contributed by atoms with Crippen molar-refractivity contribution in [3.05, 3.63) is 64.5 Å². The molecule has 1 aromatic heterocycles. The van der Waals surface area contributed by atoms with Crippen LogP contribution in [0.15, 0.2) is 41.7 Å². The summed E-state index contributed by atoms with van der Waals surface area (Å²) in [6.07, 6.45) is 3.07. The lowest BCUT2D eigenvalue weighted by molar-refractivity contribution is -0.155. The number of ether oxygens (including phenoxy) is 2. The highest BCUT2D eigenvalue weighted by Gasteiger charge is 2.31. The monoisotopic (exact) mass is 336 g/mol. The van der Waals surface area contributed by atoms with E-state index in [4.69, 9.17) is 9.47 Å². The predicted octanol–water partition coefficient (Wildman–Crippen LogP) is 2.14. The number of rotatable bonds is 3. The standard InChI is InChI=1S/C19H16N2O4/c1-24-17(22)9-16-14-8-15-13(6-12(14)7-18(23)25-16)10-21-19(15)11-2-4-20-5-3-11/h2-6,8,16H,7,9-10H2,1H3. The molecule has 0 aliphatic carbocycles. The summed E-state index contributed by atoms with van der Waals surface area (Å²) in [7, 11) is 1.32. The van der Waals surface area contributed by atoms with E-state index in [1.54, 1.807) is 12.4 Å². The number of methoxy groups -OCH3 is 1. The van der Waals surface area contributed by atoms with E-state index in [0.29, 0.717) is 6.54 Å². The van der Waals surface area contributed by atoms with E-state index < -0.39 is 12.1 Å². The number of nitrogens with zero attached hydrogens (tertiary/aromatic N) is 2. The maximum absolute atomic E-state index is 11.9. The van der Waals surface area contributed by atoms with Crippen LogP contribution in [0.2, 0.25) is 0 Å². The van der Waals surface area contributed by atoms with Gasteiger partial charge in [0.2, 0.25) is 0 Å². The molecular formula is C19H16N2O4. The molecule has 0 spiro atoms. The molecule has 0 radical (unpaired) electrons. The van der Waals surface area contributed by atoms with Crippen molar-refractivity contribution < 1.29 is 19.1 Å². The van der Waals surface area contributed by atoms with Crippen molar-refractivity contribution >= 4 is 17.7 Å². The molecule has 6 heteroatoms. The fourth-order valence-corrected chi connectivity index (χ4v) is 3.33. The van der Waals surface area contributed by atoms with Crippen molar-refractivity contribution in [1.29, 1.82) is 0 Å². The minimum absolute atomic E-state index is 0.00968. The first-order valence-corrected chi connectivity index (χ1v) is 8.03. The molecule has 2 aliphatic rings. The second-order valence-electron chi connectivity index (χ2n) is 6.04. The zero-order valence-corrected chi connectivity index (χ0v) is 13.7. The molecule has 2 aromatic rings. The van der Waals surface area contributed by atoms with Gasteiger partial charge in [-0.2, -0.15) is 0 Å². The Bertz CT molecular complexity index is 890. The third-order valence-electron chi connectivity index (χ3n) is 4.52. The van der Waals surface area contributed by atoms with E-state index in [0.717, 1.165) is 33.5 Å². The molecule has 2 aliphatic heterocycles. The van der Waals surface area contributed by atoms with Crippen LogP contribution in [-0.4, -0.2) is 29.7 Å². The van der Waals surface area contributed by atoms with Gasteiger partial charge in [-0.15, -0.1) is 0 Å². The summed E-state index contributed by atoms with van der Waals surface area (Å²) >= 11 is 0. The average molecular weight is 336 g/mol. The predicted molar refractivity (Wildman–Crippen MR) is 89.2 cm³/mol. The van der Waals surface area contributed by atoms with E-state index in [1.807, 2.05) is 24.3 Å². The van der Waals surface area contributed by atoms with Gasteiger partial charge in [0.1, 0.15) is 6.10 Å². The molecule has 6 nitrogen and oxygen atoms in total. The number of carbonyl (C=O) groups excluding carboxylic acids is 2. The zero-order chi connectivity index (χ0) is 17.4. The van der Waals surface area contributed by atoms with Crippen LogP contribution in [0.3, 0.4) is 0 Å². The van der Waals surface area contributed by atoms with E-state index in [9.17, 15) is 9.59 Å². The van der Waals surface area contributed by atoms with Crippen LogP contribution in [0, 0.1) is 0 Å². The van der Waals surface area contributed by atoms with E-state index in [-0.39, 0.29) is 18.8 Å². The van der Waals surface area contributed by atoms with Crippen LogP contribution < -0.4 is 0 Å². The maximum Gasteiger partial charge on any atom is 0.310 e. The lowest BCUT2D eigenvalue weighted by Gasteiger charge is -2.26. The number of aromatic nitrogens is 1. The minimum atomic E-state index is -0.617. The van der Waals surface area contributed by atoms with Crippen molar-refractivity contribution in [2.45, 2.75) is 25.5 Å². The summed E-state index contributed by atoms with van der Waals surface area (Å²) < 4.78 is 10.1. The summed E-state index contributed by atoms with van der Waals surface area (Å²) in [5.41, 5.74) is 5.73. The van der Waals surface area contributed by atoms with Crippen LogP contribution in [0.4, 0.5) is 0 Å². The van der Waals surface area contributed by atoms with Gasteiger partial charge in [0.25, 0.3) is 0 Å². The molecule has 126 valence electrons. The number of esters is 2. The van der Waals surface area contributed by atoms with Crippen LogP contribution >= 0.6 is 0 Å². The number of pyridine rings is 1. The van der Waals surface area contributed by atoms with Crippen LogP contribution in [0.1, 0.15) is 40.3 Å². The van der Waals surface area contributed by atoms with Gasteiger partial charge in [0.05, 0.1) is 32.2 Å². The molecule has 3 heterocycles. The van der Waals surface area contributed by atoms with Crippen molar-refractivity contribution in [3.8, 4) is 0 Å². The van der Waals surface area contributed by atoms with Crippen molar-refractivity contribution in [1.82, 2.24) is 4.98 Å². The topological polar surface area (TPSA) is 77.9 Å². The Balaban J connectivity index is 1.76. The van der Waals surface area contributed by atoms with Crippen LogP contribution in [0.5, 0.6) is 0 Å². The fourth-order valence-electron chi connectivity index (χ4n) is 3.33. The summed E-state index contributed by atoms with van der Waals surface area (Å²) in [4.78, 5) is 32.2. The molecule has 0 saturated heterocycles. The lowest BCUT2D eigenvalue weighted by atomic mass is 9.89. The summed E-state index contributed by atoms with van der Waals surface area (Å²) in [5.74, 6) is -0.733. The average Bonchev–Trinajstić information content (AvgIpc) is 3.03. The van der Waals surface area contributed by atoms with E-state index >= 15 is 0 Å². The van der Waals surface area contributed by atoms with Gasteiger partial charge in [-0.1, -0.05) is 6.07 Å². The molecule has 4 rings (SSSR count).